The summed E-state index contributed by atoms with van der Waals surface area (Å²) >= 11 is 3.39. The molecular formula is C10H14BrN5. The molecule has 0 aliphatic heterocycles. The van der Waals surface area contributed by atoms with Crippen molar-refractivity contribution in [3.05, 3.63) is 34.3 Å². The van der Waals surface area contributed by atoms with Crippen LogP contribution in [-0.4, -0.2) is 23.9 Å². The van der Waals surface area contributed by atoms with E-state index >= 15 is 0 Å². The Morgan fingerprint density at radius 3 is 2.75 bits per heavy atom. The van der Waals surface area contributed by atoms with Crippen LogP contribution < -0.4 is 11.5 Å². The van der Waals surface area contributed by atoms with Crippen LogP contribution in [0, 0.1) is 5.41 Å². The van der Waals surface area contributed by atoms with E-state index in [4.69, 9.17) is 16.9 Å². The fourth-order valence-corrected chi connectivity index (χ4v) is 1.64. The van der Waals surface area contributed by atoms with Crippen molar-refractivity contribution in [3.8, 4) is 0 Å². The predicted molar refractivity (Wildman–Crippen MR) is 69.1 cm³/mol. The molecule has 0 spiro atoms. The van der Waals surface area contributed by atoms with Gasteiger partial charge < -0.3 is 16.4 Å². The van der Waals surface area contributed by atoms with Gasteiger partial charge in [-0.25, -0.2) is 0 Å². The Morgan fingerprint density at radius 2 is 2.19 bits per heavy atom. The normalized spacial score (nSPS) is 9.62. The van der Waals surface area contributed by atoms with E-state index in [0.29, 0.717) is 6.54 Å². The van der Waals surface area contributed by atoms with Gasteiger partial charge >= 0.3 is 0 Å². The Hall–Kier alpha value is -1.56. The number of hydrogen-bond donors (Lipinski definition) is 3. The number of benzene rings is 1. The first-order chi connectivity index (χ1) is 7.49. The van der Waals surface area contributed by atoms with Gasteiger partial charge in [-0.1, -0.05) is 28.1 Å². The molecule has 0 heterocycles. The molecule has 0 aromatic heterocycles. The molecule has 5 N–H and O–H groups in total. The van der Waals surface area contributed by atoms with Gasteiger partial charge in [0, 0.05) is 18.1 Å². The molecule has 0 aliphatic carbocycles. The largest absolute Gasteiger partial charge is 0.370 e. The van der Waals surface area contributed by atoms with Crippen molar-refractivity contribution in [1.29, 1.82) is 5.41 Å². The van der Waals surface area contributed by atoms with Crippen LogP contribution in [0.3, 0.4) is 0 Å². The molecule has 0 bridgehead atoms. The molecule has 0 saturated heterocycles. The summed E-state index contributed by atoms with van der Waals surface area (Å²) < 4.78 is 1.01. The van der Waals surface area contributed by atoms with E-state index in [0.717, 1.165) is 10.0 Å². The smallest absolute Gasteiger partial charge is 0.221 e. The number of aliphatic imine (C=N–C) groups is 1. The van der Waals surface area contributed by atoms with E-state index in [-0.39, 0.29) is 11.9 Å². The number of nitrogens with zero attached hydrogens (tertiary/aromatic N) is 2. The maximum Gasteiger partial charge on any atom is 0.221 e. The summed E-state index contributed by atoms with van der Waals surface area (Å²) in [5, 5.41) is 7.59. The maximum atomic E-state index is 7.59. The van der Waals surface area contributed by atoms with Crippen LogP contribution in [-0.2, 0) is 6.54 Å². The Bertz CT molecular complexity index is 411. The number of nitrogens with two attached hydrogens (primary N) is 2. The molecule has 6 heteroatoms. The van der Waals surface area contributed by atoms with Gasteiger partial charge in [-0.2, -0.15) is 4.99 Å². The highest BCUT2D eigenvalue weighted by molar-refractivity contribution is 9.10. The van der Waals surface area contributed by atoms with Crippen LogP contribution in [0.1, 0.15) is 5.56 Å². The minimum Gasteiger partial charge on any atom is -0.370 e. The summed E-state index contributed by atoms with van der Waals surface area (Å²) in [6.07, 6.45) is 0. The number of guanidine groups is 2. The number of nitrogens with one attached hydrogen (secondary N) is 1. The van der Waals surface area contributed by atoms with Crippen LogP contribution in [0.15, 0.2) is 33.7 Å². The lowest BCUT2D eigenvalue weighted by atomic mass is 10.2. The van der Waals surface area contributed by atoms with Crippen molar-refractivity contribution in [1.82, 2.24) is 4.90 Å². The van der Waals surface area contributed by atoms with Gasteiger partial charge in [-0.3, -0.25) is 5.41 Å². The molecule has 5 nitrogen and oxygen atoms in total. The lowest BCUT2D eigenvalue weighted by molar-refractivity contribution is 0.491. The van der Waals surface area contributed by atoms with Crippen LogP contribution in [0.2, 0.25) is 0 Å². The summed E-state index contributed by atoms with van der Waals surface area (Å²) in [6, 6.07) is 7.85. The Balaban J connectivity index is 2.68. The number of hydrogen-bond acceptors (Lipinski definition) is 1. The third kappa shape index (κ3) is 3.90. The molecule has 1 aromatic carbocycles. The molecule has 0 atom stereocenters. The summed E-state index contributed by atoms with van der Waals surface area (Å²) in [5.74, 6) is -0.0638. The van der Waals surface area contributed by atoms with Crippen molar-refractivity contribution in [2.24, 2.45) is 16.5 Å². The Kier molecular flexibility index (Phi) is 4.30. The molecule has 0 saturated carbocycles. The van der Waals surface area contributed by atoms with Crippen LogP contribution in [0.4, 0.5) is 0 Å². The number of rotatable bonds is 2. The van der Waals surface area contributed by atoms with Crippen molar-refractivity contribution in [3.63, 3.8) is 0 Å². The fraction of sp³-hybridized carbons (Fsp3) is 0.200. The van der Waals surface area contributed by atoms with Crippen LogP contribution in [0.5, 0.6) is 0 Å². The molecular weight excluding hydrogens is 270 g/mol. The molecule has 86 valence electrons. The van der Waals surface area contributed by atoms with E-state index in [1.54, 1.807) is 11.9 Å². The van der Waals surface area contributed by atoms with Gasteiger partial charge in [0.05, 0.1) is 0 Å². The topological polar surface area (TPSA) is 91.5 Å². The first kappa shape index (κ1) is 12.5. The van der Waals surface area contributed by atoms with Gasteiger partial charge in [0.15, 0.2) is 5.96 Å². The summed E-state index contributed by atoms with van der Waals surface area (Å²) in [5.41, 5.74) is 11.5. The first-order valence-corrected chi connectivity index (χ1v) is 5.42. The average Bonchev–Trinajstić information content (AvgIpc) is 2.16. The lowest BCUT2D eigenvalue weighted by Crippen LogP contribution is -2.30. The molecule has 0 radical (unpaired) electrons. The molecule has 0 unspecified atom stereocenters. The third-order valence-electron chi connectivity index (χ3n) is 1.91. The monoisotopic (exact) mass is 283 g/mol. The van der Waals surface area contributed by atoms with E-state index < -0.39 is 0 Å². The minimum atomic E-state index is -0.105. The Labute approximate surface area is 103 Å². The quantitative estimate of drug-likeness (QED) is 0.560. The zero-order valence-corrected chi connectivity index (χ0v) is 10.5. The van der Waals surface area contributed by atoms with Crippen molar-refractivity contribution in [2.75, 3.05) is 7.05 Å². The molecule has 1 aromatic rings. The highest BCUT2D eigenvalue weighted by atomic mass is 79.9. The maximum absolute atomic E-state index is 7.59. The van der Waals surface area contributed by atoms with Gasteiger partial charge in [0.2, 0.25) is 5.96 Å². The summed E-state index contributed by atoms with van der Waals surface area (Å²) in [6.45, 7) is 0.578. The van der Waals surface area contributed by atoms with E-state index in [1.165, 1.54) is 0 Å². The fourth-order valence-electron chi connectivity index (χ4n) is 1.19. The molecule has 16 heavy (non-hydrogen) atoms. The molecule has 1 rings (SSSR count). The van der Waals surface area contributed by atoms with Crippen molar-refractivity contribution in [2.45, 2.75) is 6.54 Å². The highest BCUT2D eigenvalue weighted by Crippen LogP contribution is 2.12. The van der Waals surface area contributed by atoms with E-state index in [1.807, 2.05) is 24.3 Å². The lowest BCUT2D eigenvalue weighted by Gasteiger charge is -2.16. The Morgan fingerprint density at radius 1 is 1.50 bits per heavy atom. The van der Waals surface area contributed by atoms with E-state index in [2.05, 4.69) is 20.9 Å². The van der Waals surface area contributed by atoms with Gasteiger partial charge in [-0.05, 0) is 17.7 Å². The first-order valence-electron chi connectivity index (χ1n) is 4.63. The average molecular weight is 284 g/mol. The van der Waals surface area contributed by atoms with Crippen LogP contribution >= 0.6 is 15.9 Å². The SMILES string of the molecule is CN(Cc1cccc(Br)c1)C(=N)N=C(N)N. The third-order valence-corrected chi connectivity index (χ3v) is 2.40. The zero-order valence-electron chi connectivity index (χ0n) is 8.94. The standard InChI is InChI=1S/C10H14BrN5/c1-16(10(14)15-9(12)13)6-7-3-2-4-8(11)5-7/h2-5H,6H2,1H3,(H5,12,13,14,15). The second kappa shape index (κ2) is 5.50. The molecule has 0 aliphatic rings. The summed E-state index contributed by atoms with van der Waals surface area (Å²) in [7, 11) is 1.76. The predicted octanol–water partition coefficient (Wildman–Crippen LogP) is 1.09. The van der Waals surface area contributed by atoms with Crippen LogP contribution in [0.25, 0.3) is 0 Å². The van der Waals surface area contributed by atoms with Crippen molar-refractivity contribution >= 4 is 27.8 Å². The van der Waals surface area contributed by atoms with Gasteiger partial charge in [0.25, 0.3) is 0 Å². The van der Waals surface area contributed by atoms with E-state index in [9.17, 15) is 0 Å². The van der Waals surface area contributed by atoms with Crippen molar-refractivity contribution < 1.29 is 0 Å². The molecule has 0 amide bonds. The highest BCUT2D eigenvalue weighted by Gasteiger charge is 2.04. The van der Waals surface area contributed by atoms with Gasteiger partial charge in [0.1, 0.15) is 0 Å². The second-order valence-corrected chi connectivity index (χ2v) is 4.26. The zero-order chi connectivity index (χ0) is 12.1. The van der Waals surface area contributed by atoms with Gasteiger partial charge in [-0.15, -0.1) is 0 Å². The minimum absolute atomic E-state index is 0.0416. The molecule has 0 fully saturated rings. The second-order valence-electron chi connectivity index (χ2n) is 3.35. The number of halogens is 1. The summed E-state index contributed by atoms with van der Waals surface area (Å²) in [4.78, 5) is 5.32.